The third kappa shape index (κ3) is 2.94. The fraction of sp³-hybridized carbons (Fsp3) is 0.467. The van der Waals surface area contributed by atoms with Crippen molar-refractivity contribution in [1.29, 1.82) is 0 Å². The summed E-state index contributed by atoms with van der Waals surface area (Å²) in [6, 6.07) is 6.42. The molecule has 4 heteroatoms. The van der Waals surface area contributed by atoms with E-state index in [2.05, 4.69) is 40.3 Å². The van der Waals surface area contributed by atoms with Crippen LogP contribution in [0.1, 0.15) is 11.3 Å². The van der Waals surface area contributed by atoms with Gasteiger partial charge < -0.3 is 15.2 Å². The topological polar surface area (TPSA) is 31.1 Å². The van der Waals surface area contributed by atoms with Crippen LogP contribution in [-0.2, 0) is 6.42 Å². The second-order valence-corrected chi connectivity index (χ2v) is 5.73. The number of aromatic nitrogens is 1. The molecule has 3 rings (SSSR count). The number of nitrogens with zero attached hydrogens (tertiary/aromatic N) is 1. The van der Waals surface area contributed by atoms with E-state index in [1.807, 2.05) is 0 Å². The van der Waals surface area contributed by atoms with E-state index >= 15 is 0 Å². The first-order valence-electron chi connectivity index (χ1n) is 6.93. The second-order valence-electron chi connectivity index (χ2n) is 5.32. The first-order chi connectivity index (χ1) is 9.22. The molecule has 102 valence electrons. The van der Waals surface area contributed by atoms with Crippen molar-refractivity contribution >= 4 is 22.5 Å². The molecule has 2 aromatic rings. The Bertz CT molecular complexity index is 570. The van der Waals surface area contributed by atoms with E-state index in [0.29, 0.717) is 0 Å². The van der Waals surface area contributed by atoms with Gasteiger partial charge in [-0.05, 0) is 37.1 Å². The highest BCUT2D eigenvalue weighted by atomic mass is 35.5. The number of aryl methyl sites for hydroxylation is 1. The van der Waals surface area contributed by atoms with Crippen LogP contribution >= 0.6 is 11.6 Å². The zero-order valence-corrected chi connectivity index (χ0v) is 12.1. The molecule has 2 heterocycles. The fourth-order valence-electron chi connectivity index (χ4n) is 2.75. The number of benzene rings is 1. The smallest absolute Gasteiger partial charge is 0.0459 e. The van der Waals surface area contributed by atoms with Gasteiger partial charge in [0.05, 0.1) is 0 Å². The Morgan fingerprint density at radius 1 is 1.21 bits per heavy atom. The van der Waals surface area contributed by atoms with Gasteiger partial charge in [-0.15, -0.1) is 0 Å². The molecule has 1 aliphatic heterocycles. The van der Waals surface area contributed by atoms with E-state index < -0.39 is 0 Å². The van der Waals surface area contributed by atoms with Crippen LogP contribution in [0.15, 0.2) is 18.2 Å². The summed E-state index contributed by atoms with van der Waals surface area (Å²) < 4.78 is 0. The molecule has 1 aromatic carbocycles. The standard InChI is InChI=1S/C15H20ClN3/c1-11-8-13-9-14(16)12(10-15(13)18-11)2-5-19-6-3-17-4-7-19/h8-10,17-18H,2-7H2,1H3. The largest absolute Gasteiger partial charge is 0.359 e. The van der Waals surface area contributed by atoms with E-state index in [1.54, 1.807) is 0 Å². The van der Waals surface area contributed by atoms with Gasteiger partial charge in [-0.3, -0.25) is 0 Å². The van der Waals surface area contributed by atoms with Crippen LogP contribution in [0.25, 0.3) is 10.9 Å². The molecule has 1 aromatic heterocycles. The van der Waals surface area contributed by atoms with Crippen LogP contribution in [0.5, 0.6) is 0 Å². The molecule has 0 bridgehead atoms. The second kappa shape index (κ2) is 5.53. The molecule has 19 heavy (non-hydrogen) atoms. The normalized spacial score (nSPS) is 17.2. The number of nitrogens with one attached hydrogen (secondary N) is 2. The van der Waals surface area contributed by atoms with Gasteiger partial charge >= 0.3 is 0 Å². The monoisotopic (exact) mass is 277 g/mol. The average Bonchev–Trinajstić information content (AvgIpc) is 2.76. The molecule has 0 aliphatic carbocycles. The van der Waals surface area contributed by atoms with E-state index in [-0.39, 0.29) is 0 Å². The third-order valence-electron chi connectivity index (χ3n) is 3.83. The van der Waals surface area contributed by atoms with Gasteiger partial charge in [-0.25, -0.2) is 0 Å². The molecule has 1 fully saturated rings. The van der Waals surface area contributed by atoms with Gasteiger partial charge in [-0.1, -0.05) is 11.6 Å². The highest BCUT2D eigenvalue weighted by molar-refractivity contribution is 6.32. The summed E-state index contributed by atoms with van der Waals surface area (Å²) in [7, 11) is 0. The first kappa shape index (κ1) is 13.0. The Kier molecular flexibility index (Phi) is 3.78. The fourth-order valence-corrected chi connectivity index (χ4v) is 3.01. The Labute approximate surface area is 118 Å². The van der Waals surface area contributed by atoms with E-state index in [1.165, 1.54) is 22.2 Å². The lowest BCUT2D eigenvalue weighted by atomic mass is 10.1. The molecule has 0 amide bonds. The molecule has 0 saturated carbocycles. The van der Waals surface area contributed by atoms with Gasteiger partial charge in [0.15, 0.2) is 0 Å². The maximum atomic E-state index is 6.39. The van der Waals surface area contributed by atoms with Crippen LogP contribution in [-0.4, -0.2) is 42.6 Å². The quantitative estimate of drug-likeness (QED) is 0.904. The molecule has 0 atom stereocenters. The first-order valence-corrected chi connectivity index (χ1v) is 7.31. The minimum absolute atomic E-state index is 0.890. The molecule has 0 unspecified atom stereocenters. The lowest BCUT2D eigenvalue weighted by Crippen LogP contribution is -2.44. The lowest BCUT2D eigenvalue weighted by molar-refractivity contribution is 0.244. The molecule has 1 aliphatic rings. The molecule has 2 N–H and O–H groups in total. The number of aromatic amines is 1. The van der Waals surface area contributed by atoms with Crippen LogP contribution in [0, 0.1) is 6.92 Å². The van der Waals surface area contributed by atoms with Crippen molar-refractivity contribution in [1.82, 2.24) is 15.2 Å². The van der Waals surface area contributed by atoms with Crippen molar-refractivity contribution in [2.24, 2.45) is 0 Å². The number of fused-ring (bicyclic) bond motifs is 1. The Morgan fingerprint density at radius 2 is 2.00 bits per heavy atom. The van der Waals surface area contributed by atoms with Crippen molar-refractivity contribution in [3.8, 4) is 0 Å². The molecule has 1 saturated heterocycles. The maximum absolute atomic E-state index is 6.39. The Hall–Kier alpha value is -1.03. The zero-order valence-electron chi connectivity index (χ0n) is 11.3. The average molecular weight is 278 g/mol. The highest BCUT2D eigenvalue weighted by Gasteiger charge is 2.11. The van der Waals surface area contributed by atoms with E-state index in [9.17, 15) is 0 Å². The van der Waals surface area contributed by atoms with Gasteiger partial charge in [0, 0.05) is 54.3 Å². The number of hydrogen-bond acceptors (Lipinski definition) is 2. The van der Waals surface area contributed by atoms with Crippen molar-refractivity contribution in [2.75, 3.05) is 32.7 Å². The minimum Gasteiger partial charge on any atom is -0.359 e. The van der Waals surface area contributed by atoms with Gasteiger partial charge in [0.2, 0.25) is 0 Å². The van der Waals surface area contributed by atoms with E-state index in [0.717, 1.165) is 44.2 Å². The summed E-state index contributed by atoms with van der Waals surface area (Å²) in [5.74, 6) is 0. The Balaban J connectivity index is 1.74. The van der Waals surface area contributed by atoms with Gasteiger partial charge in [-0.2, -0.15) is 0 Å². The minimum atomic E-state index is 0.890. The van der Waals surface area contributed by atoms with Crippen LogP contribution in [0.2, 0.25) is 5.02 Å². The predicted molar refractivity (Wildman–Crippen MR) is 81.1 cm³/mol. The van der Waals surface area contributed by atoms with Crippen LogP contribution in [0.3, 0.4) is 0 Å². The lowest BCUT2D eigenvalue weighted by Gasteiger charge is -2.27. The molecular weight excluding hydrogens is 258 g/mol. The van der Waals surface area contributed by atoms with Gasteiger partial charge in [0.1, 0.15) is 0 Å². The SMILES string of the molecule is Cc1cc2cc(Cl)c(CCN3CCNCC3)cc2[nH]1. The number of hydrogen-bond donors (Lipinski definition) is 2. The molecule has 0 radical (unpaired) electrons. The predicted octanol–water partition coefficient (Wildman–Crippen LogP) is 2.58. The van der Waals surface area contributed by atoms with Crippen LogP contribution < -0.4 is 5.32 Å². The maximum Gasteiger partial charge on any atom is 0.0459 e. The zero-order chi connectivity index (χ0) is 13.2. The van der Waals surface area contributed by atoms with Crippen molar-refractivity contribution in [3.05, 3.63) is 34.5 Å². The Morgan fingerprint density at radius 3 is 2.79 bits per heavy atom. The highest BCUT2D eigenvalue weighted by Crippen LogP contribution is 2.25. The number of halogens is 1. The summed E-state index contributed by atoms with van der Waals surface area (Å²) >= 11 is 6.39. The van der Waals surface area contributed by atoms with Crippen molar-refractivity contribution in [2.45, 2.75) is 13.3 Å². The molecular formula is C15H20ClN3. The summed E-state index contributed by atoms with van der Waals surface area (Å²) in [6.45, 7) is 7.65. The molecule has 0 spiro atoms. The summed E-state index contributed by atoms with van der Waals surface area (Å²) in [5.41, 5.74) is 3.62. The van der Waals surface area contributed by atoms with Crippen LogP contribution in [0.4, 0.5) is 0 Å². The van der Waals surface area contributed by atoms with E-state index in [4.69, 9.17) is 11.6 Å². The van der Waals surface area contributed by atoms with Crippen molar-refractivity contribution in [3.63, 3.8) is 0 Å². The van der Waals surface area contributed by atoms with Gasteiger partial charge in [0.25, 0.3) is 0 Å². The third-order valence-corrected chi connectivity index (χ3v) is 4.18. The summed E-state index contributed by atoms with van der Waals surface area (Å²) in [4.78, 5) is 5.88. The number of piperazine rings is 1. The number of rotatable bonds is 3. The summed E-state index contributed by atoms with van der Waals surface area (Å²) in [6.07, 6.45) is 1.02. The molecule has 3 nitrogen and oxygen atoms in total. The number of H-pyrrole nitrogens is 1. The summed E-state index contributed by atoms with van der Waals surface area (Å²) in [5, 5.41) is 5.47. The van der Waals surface area contributed by atoms with Crippen molar-refractivity contribution < 1.29 is 0 Å².